The number of nitrogen functional groups attached to an aromatic ring is 1. The summed E-state index contributed by atoms with van der Waals surface area (Å²) in [4.78, 5) is 20.3. The molecule has 1 unspecified atom stereocenters. The molecular weight excluding hydrogens is 336 g/mol. The van der Waals surface area contributed by atoms with Crippen molar-refractivity contribution in [2.75, 3.05) is 12.3 Å². The summed E-state index contributed by atoms with van der Waals surface area (Å²) in [6.45, 7) is 2.55. The molecule has 0 spiro atoms. The maximum absolute atomic E-state index is 12.3. The van der Waals surface area contributed by atoms with Crippen LogP contribution in [0.2, 0.25) is 0 Å². The average Bonchev–Trinajstić information content (AvgIpc) is 3.06. The van der Waals surface area contributed by atoms with Crippen molar-refractivity contribution in [1.82, 2.24) is 15.3 Å². The Kier molecular flexibility index (Phi) is 4.50. The van der Waals surface area contributed by atoms with Gasteiger partial charge in [0.1, 0.15) is 5.82 Å². The molecule has 4 N–H and O–H groups in total. The van der Waals surface area contributed by atoms with Crippen molar-refractivity contribution < 1.29 is 4.79 Å². The van der Waals surface area contributed by atoms with E-state index in [2.05, 4.69) is 22.4 Å². The van der Waals surface area contributed by atoms with E-state index in [-0.39, 0.29) is 11.8 Å². The molecule has 0 fully saturated rings. The lowest BCUT2D eigenvalue weighted by Gasteiger charge is -2.25. The fourth-order valence-electron chi connectivity index (χ4n) is 3.61. The van der Waals surface area contributed by atoms with Gasteiger partial charge in [0.2, 0.25) is 0 Å². The van der Waals surface area contributed by atoms with Gasteiger partial charge in [-0.2, -0.15) is 0 Å². The molecular formula is C22H22N4O. The summed E-state index contributed by atoms with van der Waals surface area (Å²) in [5, 5.41) is 2.99. The van der Waals surface area contributed by atoms with Gasteiger partial charge in [0.25, 0.3) is 5.91 Å². The lowest BCUT2D eigenvalue weighted by atomic mass is 9.89. The van der Waals surface area contributed by atoms with Gasteiger partial charge in [-0.1, -0.05) is 42.5 Å². The minimum absolute atomic E-state index is 0.0596. The van der Waals surface area contributed by atoms with E-state index >= 15 is 0 Å². The first-order valence-corrected chi connectivity index (χ1v) is 9.10. The van der Waals surface area contributed by atoms with Crippen LogP contribution in [0, 0.1) is 0 Å². The number of H-pyrrole nitrogens is 1. The Balaban J connectivity index is 1.76. The summed E-state index contributed by atoms with van der Waals surface area (Å²) in [5.41, 5.74) is 11.5. The summed E-state index contributed by atoms with van der Waals surface area (Å²) < 4.78 is 0. The highest BCUT2D eigenvalue weighted by Gasteiger charge is 2.27. The van der Waals surface area contributed by atoms with Crippen LogP contribution in [0.3, 0.4) is 0 Å². The molecule has 5 heteroatoms. The number of nitrogens with one attached hydrogen (secondary N) is 2. The molecule has 0 saturated heterocycles. The van der Waals surface area contributed by atoms with Crippen LogP contribution in [0.4, 0.5) is 5.82 Å². The molecule has 136 valence electrons. The van der Waals surface area contributed by atoms with Gasteiger partial charge in [0.05, 0.1) is 17.0 Å². The molecule has 4 rings (SSSR count). The molecule has 0 aliphatic carbocycles. The van der Waals surface area contributed by atoms with E-state index in [1.54, 1.807) is 0 Å². The van der Waals surface area contributed by atoms with Crippen molar-refractivity contribution in [3.05, 3.63) is 77.1 Å². The zero-order chi connectivity index (χ0) is 18.8. The van der Waals surface area contributed by atoms with Crippen LogP contribution in [-0.2, 0) is 6.42 Å². The van der Waals surface area contributed by atoms with Crippen LogP contribution >= 0.6 is 0 Å². The second kappa shape index (κ2) is 7.11. The van der Waals surface area contributed by atoms with Crippen molar-refractivity contribution in [2.24, 2.45) is 0 Å². The van der Waals surface area contributed by atoms with Crippen molar-refractivity contribution in [2.45, 2.75) is 19.3 Å². The van der Waals surface area contributed by atoms with Crippen molar-refractivity contribution in [3.63, 3.8) is 0 Å². The highest BCUT2D eigenvalue weighted by molar-refractivity contribution is 5.97. The summed E-state index contributed by atoms with van der Waals surface area (Å²) in [5.74, 6) is 0.693. The van der Waals surface area contributed by atoms with Gasteiger partial charge in [-0.05, 0) is 31.0 Å². The summed E-state index contributed by atoms with van der Waals surface area (Å²) in [6, 6.07) is 14.1. The molecule has 1 amide bonds. The second-order valence-corrected chi connectivity index (χ2v) is 6.76. The van der Waals surface area contributed by atoms with Crippen molar-refractivity contribution >= 4 is 17.8 Å². The Bertz CT molecular complexity index is 1000. The van der Waals surface area contributed by atoms with E-state index in [1.165, 1.54) is 5.56 Å². The zero-order valence-corrected chi connectivity index (χ0v) is 15.2. The maximum Gasteiger partial charge on any atom is 0.253 e. The average molecular weight is 358 g/mol. The fraction of sp³-hybridized carbons (Fsp3) is 0.182. The first-order chi connectivity index (χ1) is 13.2. The Hall–Kier alpha value is -3.34. The van der Waals surface area contributed by atoms with Gasteiger partial charge in [-0.25, -0.2) is 0 Å². The number of rotatable bonds is 4. The number of hydrogen-bond donors (Lipinski definition) is 3. The molecule has 1 aliphatic rings. The quantitative estimate of drug-likeness (QED) is 0.664. The number of hydrogen-bond acceptors (Lipinski definition) is 3. The van der Waals surface area contributed by atoms with Crippen LogP contribution in [-0.4, -0.2) is 22.4 Å². The molecule has 3 heterocycles. The molecule has 27 heavy (non-hydrogen) atoms. The second-order valence-electron chi connectivity index (χ2n) is 6.76. The van der Waals surface area contributed by atoms with E-state index in [9.17, 15) is 4.79 Å². The maximum atomic E-state index is 12.3. The highest BCUT2D eigenvalue weighted by atomic mass is 16.1. The number of pyridine rings is 1. The number of allylic oxidation sites excluding steroid dienone is 1. The standard InChI is InChI=1S/C22H22N4O/c1-2-6-16-18(13-24-21(16)23)19-10-9-17-20(26-19)15(12-25-22(17)27)11-14-7-4-3-5-8-14/h2-10,13,15,24H,11-12,23H2,1H3,(H,25,27)/b6-2-. The number of anilines is 1. The molecule has 0 saturated carbocycles. The molecule has 0 radical (unpaired) electrons. The number of carbonyl (C=O) groups is 1. The Morgan fingerprint density at radius 2 is 2.00 bits per heavy atom. The monoisotopic (exact) mass is 358 g/mol. The predicted molar refractivity (Wildman–Crippen MR) is 108 cm³/mol. The lowest BCUT2D eigenvalue weighted by molar-refractivity contribution is 0.0939. The van der Waals surface area contributed by atoms with Gasteiger partial charge in [-0.15, -0.1) is 0 Å². The lowest BCUT2D eigenvalue weighted by Crippen LogP contribution is -2.36. The first-order valence-electron chi connectivity index (χ1n) is 9.10. The zero-order valence-electron chi connectivity index (χ0n) is 15.2. The minimum Gasteiger partial charge on any atom is -0.385 e. The third-order valence-corrected chi connectivity index (χ3v) is 4.95. The van der Waals surface area contributed by atoms with Crippen LogP contribution in [0.1, 0.15) is 40.0 Å². The number of benzene rings is 1. The number of amides is 1. The molecule has 1 atom stereocenters. The van der Waals surface area contributed by atoms with Gasteiger partial charge >= 0.3 is 0 Å². The largest absolute Gasteiger partial charge is 0.385 e. The normalized spacial score (nSPS) is 16.3. The highest BCUT2D eigenvalue weighted by Crippen LogP contribution is 2.32. The van der Waals surface area contributed by atoms with Gasteiger partial charge in [-0.3, -0.25) is 9.78 Å². The van der Waals surface area contributed by atoms with Gasteiger partial charge in [0, 0.05) is 29.8 Å². The fourth-order valence-corrected chi connectivity index (χ4v) is 3.61. The van der Waals surface area contributed by atoms with Crippen LogP contribution in [0.25, 0.3) is 17.3 Å². The number of fused-ring (bicyclic) bond motifs is 1. The summed E-state index contributed by atoms with van der Waals surface area (Å²) in [7, 11) is 0. The molecule has 0 bridgehead atoms. The molecule has 1 aliphatic heterocycles. The number of nitrogens with two attached hydrogens (primary N) is 1. The SMILES string of the molecule is C/C=C\c1c(-c2ccc3c(n2)C(Cc2ccccc2)CNC3=O)c[nH]c1N. The van der Waals surface area contributed by atoms with E-state index in [0.29, 0.717) is 17.9 Å². The Morgan fingerprint density at radius 1 is 1.19 bits per heavy atom. The molecule has 1 aromatic carbocycles. The number of aromatic amines is 1. The first kappa shape index (κ1) is 17.1. The van der Waals surface area contributed by atoms with Gasteiger partial charge in [0.15, 0.2) is 0 Å². The predicted octanol–water partition coefficient (Wildman–Crippen LogP) is 3.76. The Morgan fingerprint density at radius 3 is 2.78 bits per heavy atom. The van der Waals surface area contributed by atoms with E-state index in [0.717, 1.165) is 28.9 Å². The van der Waals surface area contributed by atoms with E-state index < -0.39 is 0 Å². The topological polar surface area (TPSA) is 83.8 Å². The summed E-state index contributed by atoms with van der Waals surface area (Å²) >= 11 is 0. The third kappa shape index (κ3) is 3.24. The van der Waals surface area contributed by atoms with Gasteiger partial charge < -0.3 is 16.0 Å². The molecule has 2 aromatic heterocycles. The molecule has 5 nitrogen and oxygen atoms in total. The minimum atomic E-state index is -0.0596. The van der Waals surface area contributed by atoms with Crippen molar-refractivity contribution in [1.29, 1.82) is 0 Å². The van der Waals surface area contributed by atoms with E-state index in [4.69, 9.17) is 10.7 Å². The van der Waals surface area contributed by atoms with Crippen molar-refractivity contribution in [3.8, 4) is 11.3 Å². The molecule has 3 aromatic rings. The number of aromatic nitrogens is 2. The Labute approximate surface area is 158 Å². The summed E-state index contributed by atoms with van der Waals surface area (Å²) in [6.07, 6.45) is 6.62. The smallest absolute Gasteiger partial charge is 0.253 e. The number of nitrogens with zero attached hydrogens (tertiary/aromatic N) is 1. The third-order valence-electron chi connectivity index (χ3n) is 4.95. The van der Waals surface area contributed by atoms with Crippen LogP contribution < -0.4 is 11.1 Å². The number of carbonyl (C=O) groups excluding carboxylic acids is 1. The van der Waals surface area contributed by atoms with Crippen LogP contribution in [0.15, 0.2) is 54.7 Å². The van der Waals surface area contributed by atoms with E-state index in [1.807, 2.05) is 55.6 Å². The van der Waals surface area contributed by atoms with Crippen LogP contribution in [0.5, 0.6) is 0 Å².